The highest BCUT2D eigenvalue weighted by molar-refractivity contribution is 5.22. The van der Waals surface area contributed by atoms with Crippen LogP contribution in [0.1, 0.15) is 16.9 Å². The van der Waals surface area contributed by atoms with Crippen molar-refractivity contribution in [2.24, 2.45) is 0 Å². The molecule has 1 N–H and O–H groups in total. The minimum atomic E-state index is -0.547. The van der Waals surface area contributed by atoms with Gasteiger partial charge in [0.2, 0.25) is 0 Å². The summed E-state index contributed by atoms with van der Waals surface area (Å²) >= 11 is 0. The lowest BCUT2D eigenvalue weighted by Gasteiger charge is -2.24. The highest BCUT2D eigenvalue weighted by atomic mass is 16.5. The Morgan fingerprint density at radius 1 is 1.30 bits per heavy atom. The zero-order valence-electron chi connectivity index (χ0n) is 13.6. The standard InChI is InChI=1S/C19H25NO3/c1-3-9-22-15-18(21)13-20(14-19-8-5-10-23-19)12-17-7-4-6-16(2)11-17/h3-8,10-11,18,21H,1,9,12-15H2,2H3/t18-/m1/s1. The van der Waals surface area contributed by atoms with Crippen LogP contribution in [0.3, 0.4) is 0 Å². The van der Waals surface area contributed by atoms with Gasteiger partial charge in [0, 0.05) is 13.1 Å². The molecule has 0 saturated carbocycles. The molecule has 1 atom stereocenters. The van der Waals surface area contributed by atoms with E-state index >= 15 is 0 Å². The third-order valence-electron chi connectivity index (χ3n) is 3.46. The van der Waals surface area contributed by atoms with E-state index in [-0.39, 0.29) is 0 Å². The van der Waals surface area contributed by atoms with Crippen molar-refractivity contribution in [1.29, 1.82) is 0 Å². The number of hydrogen-bond donors (Lipinski definition) is 1. The summed E-state index contributed by atoms with van der Waals surface area (Å²) in [5.74, 6) is 0.886. The van der Waals surface area contributed by atoms with Crippen LogP contribution in [0.2, 0.25) is 0 Å². The van der Waals surface area contributed by atoms with Gasteiger partial charge in [-0.15, -0.1) is 6.58 Å². The first-order valence-electron chi connectivity index (χ1n) is 7.84. The third-order valence-corrected chi connectivity index (χ3v) is 3.46. The first kappa shape index (κ1) is 17.5. The smallest absolute Gasteiger partial charge is 0.117 e. The van der Waals surface area contributed by atoms with Crippen LogP contribution in [0.25, 0.3) is 0 Å². The van der Waals surface area contributed by atoms with Gasteiger partial charge in [-0.1, -0.05) is 35.9 Å². The van der Waals surface area contributed by atoms with Crippen molar-refractivity contribution in [3.63, 3.8) is 0 Å². The van der Waals surface area contributed by atoms with Gasteiger partial charge in [-0.05, 0) is 24.6 Å². The minimum Gasteiger partial charge on any atom is -0.468 e. The van der Waals surface area contributed by atoms with E-state index in [9.17, 15) is 5.11 Å². The van der Waals surface area contributed by atoms with Crippen LogP contribution in [-0.4, -0.2) is 35.9 Å². The predicted molar refractivity (Wildman–Crippen MR) is 91.0 cm³/mol. The normalized spacial score (nSPS) is 12.5. The molecule has 0 aliphatic heterocycles. The van der Waals surface area contributed by atoms with Crippen LogP contribution in [-0.2, 0) is 17.8 Å². The summed E-state index contributed by atoms with van der Waals surface area (Å²) in [4.78, 5) is 2.16. The molecule has 0 bridgehead atoms. The SMILES string of the molecule is C=CCOC[C@H](O)CN(Cc1cccc(C)c1)Cc1ccco1. The minimum absolute atomic E-state index is 0.300. The van der Waals surface area contributed by atoms with Crippen molar-refractivity contribution < 1.29 is 14.3 Å². The Labute approximate surface area is 138 Å². The number of benzene rings is 1. The van der Waals surface area contributed by atoms with E-state index in [4.69, 9.17) is 9.15 Å². The maximum absolute atomic E-state index is 10.2. The summed E-state index contributed by atoms with van der Waals surface area (Å²) in [6.07, 6.45) is 2.80. The topological polar surface area (TPSA) is 45.8 Å². The maximum atomic E-state index is 10.2. The quantitative estimate of drug-likeness (QED) is 0.540. The van der Waals surface area contributed by atoms with Gasteiger partial charge in [0.05, 0.1) is 32.1 Å². The molecule has 0 aliphatic rings. The maximum Gasteiger partial charge on any atom is 0.117 e. The first-order valence-corrected chi connectivity index (χ1v) is 7.84. The van der Waals surface area contributed by atoms with Crippen molar-refractivity contribution in [2.75, 3.05) is 19.8 Å². The fraction of sp³-hybridized carbons (Fsp3) is 0.368. The number of aryl methyl sites for hydroxylation is 1. The number of aliphatic hydroxyl groups excluding tert-OH is 1. The highest BCUT2D eigenvalue weighted by Crippen LogP contribution is 2.12. The molecule has 0 fully saturated rings. The van der Waals surface area contributed by atoms with Crippen LogP contribution in [0, 0.1) is 6.92 Å². The van der Waals surface area contributed by atoms with Gasteiger partial charge in [-0.2, -0.15) is 0 Å². The summed E-state index contributed by atoms with van der Waals surface area (Å²) in [5, 5.41) is 10.2. The number of hydrogen-bond acceptors (Lipinski definition) is 4. The molecule has 2 rings (SSSR count). The first-order chi connectivity index (χ1) is 11.2. The molecular weight excluding hydrogens is 290 g/mol. The van der Waals surface area contributed by atoms with Gasteiger partial charge in [0.25, 0.3) is 0 Å². The van der Waals surface area contributed by atoms with Crippen LogP contribution < -0.4 is 0 Å². The Hall–Kier alpha value is -1.88. The molecule has 23 heavy (non-hydrogen) atoms. The van der Waals surface area contributed by atoms with Crippen molar-refractivity contribution in [3.8, 4) is 0 Å². The van der Waals surface area contributed by atoms with Crippen molar-refractivity contribution >= 4 is 0 Å². The monoisotopic (exact) mass is 315 g/mol. The highest BCUT2D eigenvalue weighted by Gasteiger charge is 2.14. The van der Waals surface area contributed by atoms with Gasteiger partial charge in [-0.25, -0.2) is 0 Å². The van der Waals surface area contributed by atoms with E-state index < -0.39 is 6.10 Å². The summed E-state index contributed by atoms with van der Waals surface area (Å²) in [6, 6.07) is 12.2. The van der Waals surface area contributed by atoms with E-state index in [0.717, 1.165) is 12.3 Å². The third kappa shape index (κ3) is 6.40. The fourth-order valence-corrected chi connectivity index (χ4v) is 2.51. The largest absolute Gasteiger partial charge is 0.468 e. The Morgan fingerprint density at radius 2 is 2.17 bits per heavy atom. The lowest BCUT2D eigenvalue weighted by Crippen LogP contribution is -2.34. The van der Waals surface area contributed by atoms with Gasteiger partial charge in [0.15, 0.2) is 0 Å². The molecule has 0 radical (unpaired) electrons. The van der Waals surface area contributed by atoms with Gasteiger partial charge >= 0.3 is 0 Å². The van der Waals surface area contributed by atoms with E-state index in [1.54, 1.807) is 12.3 Å². The summed E-state index contributed by atoms with van der Waals surface area (Å²) in [7, 11) is 0. The molecular formula is C19H25NO3. The summed E-state index contributed by atoms with van der Waals surface area (Å²) in [5.41, 5.74) is 2.45. The molecule has 4 nitrogen and oxygen atoms in total. The molecule has 124 valence electrons. The Balaban J connectivity index is 1.97. The van der Waals surface area contributed by atoms with Crippen LogP contribution >= 0.6 is 0 Å². The van der Waals surface area contributed by atoms with E-state index in [2.05, 4.69) is 42.7 Å². The number of aliphatic hydroxyl groups is 1. The molecule has 1 aromatic heterocycles. The fourth-order valence-electron chi connectivity index (χ4n) is 2.51. The average molecular weight is 315 g/mol. The molecule has 4 heteroatoms. The lowest BCUT2D eigenvalue weighted by atomic mass is 10.1. The molecule has 1 aromatic carbocycles. The number of rotatable bonds is 10. The van der Waals surface area contributed by atoms with Gasteiger partial charge < -0.3 is 14.3 Å². The molecule has 1 heterocycles. The molecule has 2 aromatic rings. The van der Waals surface area contributed by atoms with E-state index in [0.29, 0.717) is 26.3 Å². The molecule has 0 aliphatic carbocycles. The van der Waals surface area contributed by atoms with Crippen LogP contribution in [0.15, 0.2) is 59.7 Å². The van der Waals surface area contributed by atoms with Crippen LogP contribution in [0.4, 0.5) is 0 Å². The zero-order valence-corrected chi connectivity index (χ0v) is 13.6. The zero-order chi connectivity index (χ0) is 16.5. The number of nitrogens with zero attached hydrogens (tertiary/aromatic N) is 1. The predicted octanol–water partition coefficient (Wildman–Crippen LogP) is 3.15. The van der Waals surface area contributed by atoms with Gasteiger partial charge in [0.1, 0.15) is 5.76 Å². The molecule has 0 saturated heterocycles. The Bertz CT molecular complexity index is 580. The van der Waals surface area contributed by atoms with Gasteiger partial charge in [-0.3, -0.25) is 4.90 Å². The second kappa shape index (κ2) is 9.30. The van der Waals surface area contributed by atoms with E-state index in [1.165, 1.54) is 11.1 Å². The average Bonchev–Trinajstić information content (AvgIpc) is 3.00. The molecule has 0 amide bonds. The molecule has 0 spiro atoms. The summed E-state index contributed by atoms with van der Waals surface area (Å²) in [6.45, 7) is 8.36. The number of furan rings is 1. The Kier molecular flexibility index (Phi) is 7.07. The van der Waals surface area contributed by atoms with Crippen molar-refractivity contribution in [1.82, 2.24) is 4.90 Å². The van der Waals surface area contributed by atoms with Crippen molar-refractivity contribution in [3.05, 3.63) is 72.2 Å². The molecule has 0 unspecified atom stereocenters. The van der Waals surface area contributed by atoms with Crippen molar-refractivity contribution in [2.45, 2.75) is 26.1 Å². The second-order valence-electron chi connectivity index (χ2n) is 5.72. The van der Waals surface area contributed by atoms with E-state index in [1.807, 2.05) is 12.1 Å². The number of ether oxygens (including phenoxy) is 1. The second-order valence-corrected chi connectivity index (χ2v) is 5.72. The summed E-state index contributed by atoms with van der Waals surface area (Å²) < 4.78 is 10.8. The van der Waals surface area contributed by atoms with Crippen LogP contribution in [0.5, 0.6) is 0 Å². The lowest BCUT2D eigenvalue weighted by molar-refractivity contribution is 0.0216. The Morgan fingerprint density at radius 3 is 2.87 bits per heavy atom.